The monoisotopic (exact) mass is 241 g/mol. The lowest BCUT2D eigenvalue weighted by molar-refractivity contribution is 0.0528. The second kappa shape index (κ2) is 4.72. The van der Waals surface area contributed by atoms with Crippen molar-refractivity contribution in [1.29, 1.82) is 5.26 Å². The Bertz CT molecular complexity index is 659. The highest BCUT2D eigenvalue weighted by Crippen LogP contribution is 2.25. The van der Waals surface area contributed by atoms with Gasteiger partial charge in [0.2, 0.25) is 0 Å². The Balaban J connectivity index is 2.81. The number of nitrogen functional groups attached to an aromatic ring is 1. The van der Waals surface area contributed by atoms with Crippen LogP contribution in [0.1, 0.15) is 22.8 Å². The third-order valence-corrected chi connectivity index (χ3v) is 2.51. The van der Waals surface area contributed by atoms with Crippen LogP contribution in [0.4, 0.5) is 5.82 Å². The van der Waals surface area contributed by atoms with Crippen LogP contribution in [0.3, 0.4) is 0 Å². The van der Waals surface area contributed by atoms with E-state index in [-0.39, 0.29) is 23.6 Å². The molecule has 1 aromatic carbocycles. The molecule has 0 bridgehead atoms. The topological polar surface area (TPSA) is 89.0 Å². The van der Waals surface area contributed by atoms with Gasteiger partial charge < -0.3 is 10.5 Å². The summed E-state index contributed by atoms with van der Waals surface area (Å²) in [4.78, 5) is 16.0. The second-order valence-electron chi connectivity index (χ2n) is 3.60. The number of benzene rings is 1. The standard InChI is InChI=1S/C13H11N3O2/c1-2-18-13(17)11-8-5-3-4-6-10(8)16-12(15)9(11)7-14/h3-6H,2H2,1H3,(H2,15,16). The molecular formula is C13H11N3O2. The summed E-state index contributed by atoms with van der Waals surface area (Å²) in [5.41, 5.74) is 6.50. The summed E-state index contributed by atoms with van der Waals surface area (Å²) in [5, 5.41) is 9.67. The lowest BCUT2D eigenvalue weighted by atomic mass is 10.0. The minimum Gasteiger partial charge on any atom is -0.462 e. The number of carbonyl (C=O) groups is 1. The third kappa shape index (κ3) is 1.84. The van der Waals surface area contributed by atoms with Gasteiger partial charge in [0.15, 0.2) is 0 Å². The number of hydrogen-bond donors (Lipinski definition) is 1. The molecule has 0 spiro atoms. The van der Waals surface area contributed by atoms with Crippen molar-refractivity contribution in [3.05, 3.63) is 35.4 Å². The first-order chi connectivity index (χ1) is 8.69. The lowest BCUT2D eigenvalue weighted by Gasteiger charge is -2.09. The average molecular weight is 241 g/mol. The van der Waals surface area contributed by atoms with Gasteiger partial charge in [0.1, 0.15) is 17.5 Å². The number of aromatic nitrogens is 1. The molecule has 5 nitrogen and oxygen atoms in total. The number of nitriles is 1. The quantitative estimate of drug-likeness (QED) is 0.810. The molecule has 1 heterocycles. The van der Waals surface area contributed by atoms with Crippen molar-refractivity contribution in [2.75, 3.05) is 12.3 Å². The minimum absolute atomic E-state index is 0.0410. The van der Waals surface area contributed by atoms with E-state index >= 15 is 0 Å². The van der Waals surface area contributed by atoms with Crippen LogP contribution in [0.15, 0.2) is 24.3 Å². The van der Waals surface area contributed by atoms with E-state index in [2.05, 4.69) is 4.98 Å². The number of ether oxygens (including phenoxy) is 1. The number of hydrogen-bond acceptors (Lipinski definition) is 5. The first kappa shape index (κ1) is 11.9. The Morgan fingerprint density at radius 1 is 1.50 bits per heavy atom. The van der Waals surface area contributed by atoms with Crippen LogP contribution in [0.5, 0.6) is 0 Å². The zero-order valence-electron chi connectivity index (χ0n) is 9.80. The van der Waals surface area contributed by atoms with Crippen LogP contribution < -0.4 is 5.73 Å². The zero-order chi connectivity index (χ0) is 13.1. The Kier molecular flexibility index (Phi) is 3.11. The van der Waals surface area contributed by atoms with Crippen molar-refractivity contribution in [3.8, 4) is 6.07 Å². The molecule has 1 aromatic heterocycles. The molecule has 0 amide bonds. The van der Waals surface area contributed by atoms with Gasteiger partial charge in [-0.15, -0.1) is 0 Å². The smallest absolute Gasteiger partial charge is 0.340 e. The van der Waals surface area contributed by atoms with Crippen molar-refractivity contribution in [3.63, 3.8) is 0 Å². The highest BCUT2D eigenvalue weighted by atomic mass is 16.5. The lowest BCUT2D eigenvalue weighted by Crippen LogP contribution is -2.11. The molecule has 0 unspecified atom stereocenters. The summed E-state index contributed by atoms with van der Waals surface area (Å²) in [7, 11) is 0. The molecule has 0 aliphatic heterocycles. The fourth-order valence-electron chi connectivity index (χ4n) is 1.76. The molecule has 2 N–H and O–H groups in total. The highest BCUT2D eigenvalue weighted by Gasteiger charge is 2.20. The van der Waals surface area contributed by atoms with E-state index in [4.69, 9.17) is 15.7 Å². The number of fused-ring (bicyclic) bond motifs is 1. The normalized spacial score (nSPS) is 10.0. The van der Waals surface area contributed by atoms with Crippen LogP contribution in [0, 0.1) is 11.3 Å². The van der Waals surface area contributed by atoms with Crippen LogP contribution in [0.25, 0.3) is 10.9 Å². The predicted molar refractivity (Wildman–Crippen MR) is 66.8 cm³/mol. The van der Waals surface area contributed by atoms with Crippen molar-refractivity contribution in [2.45, 2.75) is 6.92 Å². The molecule has 0 atom stereocenters. The van der Waals surface area contributed by atoms with Crippen molar-refractivity contribution < 1.29 is 9.53 Å². The number of para-hydroxylation sites is 1. The van der Waals surface area contributed by atoms with Crippen molar-refractivity contribution in [2.24, 2.45) is 0 Å². The molecule has 18 heavy (non-hydrogen) atoms. The summed E-state index contributed by atoms with van der Waals surface area (Å²) < 4.78 is 4.96. The minimum atomic E-state index is -0.556. The van der Waals surface area contributed by atoms with Gasteiger partial charge >= 0.3 is 5.97 Å². The molecule has 0 radical (unpaired) electrons. The van der Waals surface area contributed by atoms with Gasteiger partial charge in [-0.25, -0.2) is 9.78 Å². The predicted octanol–water partition coefficient (Wildman–Crippen LogP) is 1.87. The molecule has 0 saturated carbocycles. The molecule has 90 valence electrons. The van der Waals surface area contributed by atoms with Crippen molar-refractivity contribution in [1.82, 2.24) is 4.98 Å². The van der Waals surface area contributed by atoms with E-state index in [9.17, 15) is 4.79 Å². The first-order valence-corrected chi connectivity index (χ1v) is 5.44. The number of anilines is 1. The van der Waals surface area contributed by atoms with Gasteiger partial charge in [-0.3, -0.25) is 0 Å². The van der Waals surface area contributed by atoms with E-state index < -0.39 is 5.97 Å². The van der Waals surface area contributed by atoms with E-state index in [0.717, 1.165) is 0 Å². The van der Waals surface area contributed by atoms with Gasteiger partial charge in [-0.05, 0) is 13.0 Å². The fraction of sp³-hybridized carbons (Fsp3) is 0.154. The van der Waals surface area contributed by atoms with Gasteiger partial charge in [0, 0.05) is 5.39 Å². The Hall–Kier alpha value is -2.61. The maximum absolute atomic E-state index is 11.9. The Labute approximate surface area is 104 Å². The molecule has 2 aromatic rings. The van der Waals surface area contributed by atoms with Gasteiger partial charge in [0.05, 0.1) is 17.7 Å². The van der Waals surface area contributed by atoms with E-state index in [1.165, 1.54) is 0 Å². The maximum atomic E-state index is 11.9. The van der Waals surface area contributed by atoms with E-state index in [1.54, 1.807) is 31.2 Å². The fourth-order valence-corrected chi connectivity index (χ4v) is 1.76. The number of nitrogens with zero attached hydrogens (tertiary/aromatic N) is 2. The summed E-state index contributed by atoms with van der Waals surface area (Å²) in [6.45, 7) is 1.94. The first-order valence-electron chi connectivity index (χ1n) is 5.44. The summed E-state index contributed by atoms with van der Waals surface area (Å²) in [5.74, 6) is -0.515. The van der Waals surface area contributed by atoms with Crippen LogP contribution >= 0.6 is 0 Å². The van der Waals surface area contributed by atoms with Crippen LogP contribution in [-0.2, 0) is 4.74 Å². The second-order valence-corrected chi connectivity index (χ2v) is 3.60. The Morgan fingerprint density at radius 3 is 2.89 bits per heavy atom. The van der Waals surface area contributed by atoms with Gasteiger partial charge in [0.25, 0.3) is 0 Å². The van der Waals surface area contributed by atoms with Crippen LogP contribution in [0.2, 0.25) is 0 Å². The Morgan fingerprint density at radius 2 is 2.22 bits per heavy atom. The number of nitrogens with two attached hydrogens (primary N) is 1. The SMILES string of the molecule is CCOC(=O)c1c(C#N)c(N)nc2ccccc12. The van der Waals surface area contributed by atoms with Crippen LogP contribution in [-0.4, -0.2) is 17.6 Å². The average Bonchev–Trinajstić information content (AvgIpc) is 2.37. The zero-order valence-corrected chi connectivity index (χ0v) is 9.80. The largest absolute Gasteiger partial charge is 0.462 e. The molecule has 0 saturated heterocycles. The molecule has 5 heteroatoms. The highest BCUT2D eigenvalue weighted by molar-refractivity contribution is 6.07. The molecule has 0 aliphatic rings. The summed E-state index contributed by atoms with van der Waals surface area (Å²) >= 11 is 0. The van der Waals surface area contributed by atoms with Crippen molar-refractivity contribution >= 4 is 22.7 Å². The van der Waals surface area contributed by atoms with E-state index in [0.29, 0.717) is 10.9 Å². The van der Waals surface area contributed by atoms with Gasteiger partial charge in [-0.1, -0.05) is 18.2 Å². The maximum Gasteiger partial charge on any atom is 0.340 e. The summed E-state index contributed by atoms with van der Waals surface area (Å²) in [6.07, 6.45) is 0. The summed E-state index contributed by atoms with van der Waals surface area (Å²) in [6, 6.07) is 8.91. The number of pyridine rings is 1. The van der Waals surface area contributed by atoms with Gasteiger partial charge in [-0.2, -0.15) is 5.26 Å². The molecule has 2 rings (SSSR count). The molecule has 0 fully saturated rings. The number of carbonyl (C=O) groups excluding carboxylic acids is 1. The number of esters is 1. The third-order valence-electron chi connectivity index (χ3n) is 2.51. The molecule has 0 aliphatic carbocycles. The number of rotatable bonds is 2. The molecular weight excluding hydrogens is 230 g/mol. The van der Waals surface area contributed by atoms with E-state index in [1.807, 2.05) is 6.07 Å².